The number of hydrogen-bond donors (Lipinski definition) is 1. The minimum Gasteiger partial charge on any atom is -0.465 e. The van der Waals surface area contributed by atoms with Crippen molar-refractivity contribution in [2.24, 2.45) is 0 Å². The molecule has 0 radical (unpaired) electrons. The molecular weight excluding hydrogens is 186 g/mol. The van der Waals surface area contributed by atoms with Crippen molar-refractivity contribution >= 4 is 6.09 Å². The van der Waals surface area contributed by atoms with Gasteiger partial charge in [-0.05, 0) is 19.3 Å². The van der Waals surface area contributed by atoms with E-state index in [2.05, 4.69) is 0 Å². The molecule has 14 heavy (non-hydrogen) atoms. The van der Waals surface area contributed by atoms with Crippen LogP contribution >= 0.6 is 0 Å². The number of hydrogen-bond acceptors (Lipinski definition) is 3. The van der Waals surface area contributed by atoms with Crippen LogP contribution in [0.25, 0.3) is 0 Å². The first-order chi connectivity index (χ1) is 6.79. The SMILES string of the molecule is O=C(O)N1CCCCC1C1OCCO1. The first-order valence-electron chi connectivity index (χ1n) is 5.02. The van der Waals surface area contributed by atoms with Crippen molar-refractivity contribution in [2.45, 2.75) is 31.6 Å². The van der Waals surface area contributed by atoms with Crippen LogP contribution in [0.15, 0.2) is 0 Å². The third-order valence-electron chi connectivity index (χ3n) is 2.76. The maximum Gasteiger partial charge on any atom is 0.407 e. The molecular formula is C9H15NO4. The number of piperidine rings is 1. The Bertz CT molecular complexity index is 215. The van der Waals surface area contributed by atoms with Crippen LogP contribution in [0.1, 0.15) is 19.3 Å². The molecule has 2 saturated heterocycles. The predicted molar refractivity (Wildman–Crippen MR) is 48.1 cm³/mol. The lowest BCUT2D eigenvalue weighted by Gasteiger charge is -2.35. The van der Waals surface area contributed by atoms with Gasteiger partial charge in [-0.15, -0.1) is 0 Å². The number of amides is 1. The van der Waals surface area contributed by atoms with E-state index >= 15 is 0 Å². The molecule has 1 atom stereocenters. The Morgan fingerprint density at radius 1 is 1.29 bits per heavy atom. The molecule has 80 valence electrons. The molecule has 2 rings (SSSR count). The van der Waals surface area contributed by atoms with Gasteiger partial charge in [0.05, 0.1) is 19.3 Å². The summed E-state index contributed by atoms with van der Waals surface area (Å²) in [6, 6.07) is -0.108. The Morgan fingerprint density at radius 3 is 2.64 bits per heavy atom. The van der Waals surface area contributed by atoms with Crippen molar-refractivity contribution in [2.75, 3.05) is 19.8 Å². The summed E-state index contributed by atoms with van der Waals surface area (Å²) in [6.07, 6.45) is 1.63. The number of rotatable bonds is 1. The van der Waals surface area contributed by atoms with Crippen LogP contribution in [-0.4, -0.2) is 48.2 Å². The van der Waals surface area contributed by atoms with E-state index in [1.54, 1.807) is 0 Å². The second kappa shape index (κ2) is 4.14. The molecule has 2 heterocycles. The molecule has 2 aliphatic heterocycles. The van der Waals surface area contributed by atoms with Gasteiger partial charge in [-0.25, -0.2) is 4.79 Å². The van der Waals surface area contributed by atoms with E-state index in [1.165, 1.54) is 4.90 Å². The molecule has 1 unspecified atom stereocenters. The van der Waals surface area contributed by atoms with Crippen LogP contribution in [-0.2, 0) is 9.47 Å². The normalized spacial score (nSPS) is 29.4. The zero-order valence-corrected chi connectivity index (χ0v) is 8.02. The first kappa shape index (κ1) is 9.73. The Morgan fingerprint density at radius 2 is 2.00 bits per heavy atom. The molecule has 0 aromatic heterocycles. The lowest BCUT2D eigenvalue weighted by Crippen LogP contribution is -2.49. The predicted octanol–water partition coefficient (Wildman–Crippen LogP) is 0.892. The first-order valence-corrected chi connectivity index (χ1v) is 5.02. The fraction of sp³-hybridized carbons (Fsp3) is 0.889. The Hall–Kier alpha value is -0.810. The highest BCUT2D eigenvalue weighted by Crippen LogP contribution is 2.24. The Kier molecular flexibility index (Phi) is 2.88. The second-order valence-electron chi connectivity index (χ2n) is 3.65. The number of carboxylic acid groups (broad SMARTS) is 1. The summed E-state index contributed by atoms with van der Waals surface area (Å²) in [4.78, 5) is 12.4. The quantitative estimate of drug-likeness (QED) is 0.684. The summed E-state index contributed by atoms with van der Waals surface area (Å²) in [5, 5.41) is 8.98. The summed E-state index contributed by atoms with van der Waals surface area (Å²) in [6.45, 7) is 1.76. The summed E-state index contributed by atoms with van der Waals surface area (Å²) in [5.41, 5.74) is 0. The van der Waals surface area contributed by atoms with Gasteiger partial charge in [-0.3, -0.25) is 0 Å². The van der Waals surface area contributed by atoms with Gasteiger partial charge in [-0.1, -0.05) is 0 Å². The Labute approximate surface area is 82.6 Å². The fourth-order valence-electron chi connectivity index (χ4n) is 2.08. The van der Waals surface area contributed by atoms with E-state index in [0.29, 0.717) is 19.8 Å². The summed E-state index contributed by atoms with van der Waals surface area (Å²) in [5.74, 6) is 0. The van der Waals surface area contributed by atoms with Crippen LogP contribution in [0.2, 0.25) is 0 Å². The van der Waals surface area contributed by atoms with Crippen molar-refractivity contribution in [3.8, 4) is 0 Å². The molecule has 5 nitrogen and oxygen atoms in total. The standard InChI is InChI=1S/C9H15NO4/c11-9(12)10-4-2-1-3-7(10)8-13-5-6-14-8/h7-8H,1-6H2,(H,11,12). The van der Waals surface area contributed by atoms with Crippen LogP contribution in [0.3, 0.4) is 0 Å². The van der Waals surface area contributed by atoms with E-state index in [1.807, 2.05) is 0 Å². The summed E-state index contributed by atoms with van der Waals surface area (Å²) in [7, 11) is 0. The zero-order valence-electron chi connectivity index (χ0n) is 8.02. The number of carbonyl (C=O) groups is 1. The average molecular weight is 201 g/mol. The third-order valence-corrected chi connectivity index (χ3v) is 2.76. The largest absolute Gasteiger partial charge is 0.465 e. The van der Waals surface area contributed by atoms with Crippen LogP contribution in [0.5, 0.6) is 0 Å². The topological polar surface area (TPSA) is 59.0 Å². The molecule has 0 aliphatic carbocycles. The molecule has 0 saturated carbocycles. The average Bonchev–Trinajstić information content (AvgIpc) is 2.70. The highest BCUT2D eigenvalue weighted by molar-refractivity contribution is 5.65. The van der Waals surface area contributed by atoms with Crippen molar-refractivity contribution < 1.29 is 19.4 Å². The highest BCUT2D eigenvalue weighted by Gasteiger charge is 2.35. The maximum atomic E-state index is 10.9. The number of likely N-dealkylation sites (tertiary alicyclic amines) is 1. The van der Waals surface area contributed by atoms with Crippen molar-refractivity contribution in [1.82, 2.24) is 4.90 Å². The molecule has 0 aromatic carbocycles. The van der Waals surface area contributed by atoms with Gasteiger partial charge in [0.2, 0.25) is 0 Å². The van der Waals surface area contributed by atoms with Gasteiger partial charge in [0.25, 0.3) is 0 Å². The summed E-state index contributed by atoms with van der Waals surface area (Å²) >= 11 is 0. The minimum atomic E-state index is -0.867. The van der Waals surface area contributed by atoms with Gasteiger partial charge in [-0.2, -0.15) is 0 Å². The second-order valence-corrected chi connectivity index (χ2v) is 3.65. The molecule has 0 spiro atoms. The molecule has 5 heteroatoms. The lowest BCUT2D eigenvalue weighted by molar-refractivity contribution is -0.102. The molecule has 1 amide bonds. The lowest BCUT2D eigenvalue weighted by atomic mass is 10.0. The van der Waals surface area contributed by atoms with E-state index in [0.717, 1.165) is 19.3 Å². The number of ether oxygens (including phenoxy) is 2. The van der Waals surface area contributed by atoms with Crippen molar-refractivity contribution in [3.05, 3.63) is 0 Å². The van der Waals surface area contributed by atoms with E-state index in [4.69, 9.17) is 14.6 Å². The van der Waals surface area contributed by atoms with Crippen LogP contribution in [0.4, 0.5) is 4.79 Å². The smallest absolute Gasteiger partial charge is 0.407 e. The summed E-state index contributed by atoms with van der Waals surface area (Å²) < 4.78 is 10.7. The molecule has 1 N–H and O–H groups in total. The monoisotopic (exact) mass is 201 g/mol. The minimum absolute atomic E-state index is 0.108. The van der Waals surface area contributed by atoms with Crippen molar-refractivity contribution in [1.29, 1.82) is 0 Å². The van der Waals surface area contributed by atoms with E-state index in [9.17, 15) is 4.79 Å². The van der Waals surface area contributed by atoms with Gasteiger partial charge in [0.1, 0.15) is 0 Å². The van der Waals surface area contributed by atoms with Crippen molar-refractivity contribution in [3.63, 3.8) is 0 Å². The maximum absolute atomic E-state index is 10.9. The van der Waals surface area contributed by atoms with Crippen LogP contribution < -0.4 is 0 Å². The fourth-order valence-corrected chi connectivity index (χ4v) is 2.08. The Balaban J connectivity index is 2.01. The van der Waals surface area contributed by atoms with Gasteiger partial charge < -0.3 is 19.5 Å². The molecule has 0 aromatic rings. The highest BCUT2D eigenvalue weighted by atomic mass is 16.7. The van der Waals surface area contributed by atoms with Gasteiger partial charge >= 0.3 is 6.09 Å². The number of nitrogens with zero attached hydrogens (tertiary/aromatic N) is 1. The molecule has 0 bridgehead atoms. The third kappa shape index (κ3) is 1.83. The van der Waals surface area contributed by atoms with E-state index < -0.39 is 6.09 Å². The van der Waals surface area contributed by atoms with Crippen LogP contribution in [0, 0.1) is 0 Å². The molecule has 2 aliphatic rings. The van der Waals surface area contributed by atoms with Gasteiger partial charge in [0, 0.05) is 6.54 Å². The van der Waals surface area contributed by atoms with Gasteiger partial charge in [0.15, 0.2) is 6.29 Å². The van der Waals surface area contributed by atoms with E-state index in [-0.39, 0.29) is 12.3 Å². The zero-order chi connectivity index (χ0) is 9.97. The molecule has 2 fully saturated rings.